The summed E-state index contributed by atoms with van der Waals surface area (Å²) < 4.78 is 6.81. The molecule has 1 aromatic heterocycles. The molecule has 1 unspecified atom stereocenters. The first kappa shape index (κ1) is 15.1. The number of halogens is 1. The van der Waals surface area contributed by atoms with Crippen LogP contribution >= 0.6 is 11.6 Å². The molecule has 0 bridgehead atoms. The van der Waals surface area contributed by atoms with Crippen LogP contribution in [0.25, 0.3) is 0 Å². The van der Waals surface area contributed by atoms with Gasteiger partial charge in [0.15, 0.2) is 0 Å². The molecule has 1 amide bonds. The molecule has 6 heteroatoms. The molecule has 21 heavy (non-hydrogen) atoms. The molecular formula is C15H16ClN3O2. The van der Waals surface area contributed by atoms with E-state index < -0.39 is 12.1 Å². The summed E-state index contributed by atoms with van der Waals surface area (Å²) in [4.78, 5) is 16.1. The number of carbonyl (C=O) groups excluding carboxylic acids is 1. The fraction of sp³-hybridized carbons (Fsp3) is 0.200. The second-order valence-electron chi connectivity index (χ2n) is 4.41. The second kappa shape index (κ2) is 6.95. The molecule has 1 atom stereocenters. The largest absolute Gasteiger partial charge is 0.445 e. The summed E-state index contributed by atoms with van der Waals surface area (Å²) in [5, 5.41) is 3.43. The van der Waals surface area contributed by atoms with Crippen LogP contribution in [0.4, 0.5) is 4.79 Å². The van der Waals surface area contributed by atoms with Crippen molar-refractivity contribution in [3.05, 3.63) is 65.7 Å². The molecule has 0 radical (unpaired) electrons. The van der Waals surface area contributed by atoms with Gasteiger partial charge in [-0.15, -0.1) is 0 Å². The number of hydrogen-bond donors (Lipinski definition) is 1. The highest BCUT2D eigenvalue weighted by Crippen LogP contribution is 2.22. The smallest absolute Gasteiger partial charge is 0.408 e. The van der Waals surface area contributed by atoms with E-state index in [2.05, 4.69) is 16.9 Å². The number of imidazole rings is 1. The Balaban J connectivity index is 2.26. The van der Waals surface area contributed by atoms with Gasteiger partial charge < -0.3 is 14.6 Å². The molecule has 5 nitrogen and oxygen atoms in total. The van der Waals surface area contributed by atoms with E-state index in [1.165, 1.54) is 6.08 Å². The average Bonchev–Trinajstić information content (AvgIpc) is 2.89. The average molecular weight is 306 g/mol. The number of benzene rings is 1. The van der Waals surface area contributed by atoms with E-state index in [1.807, 2.05) is 29.9 Å². The molecule has 0 spiro atoms. The first-order valence-corrected chi connectivity index (χ1v) is 6.76. The van der Waals surface area contributed by atoms with Gasteiger partial charge in [0.05, 0.1) is 0 Å². The molecule has 1 heterocycles. The predicted molar refractivity (Wildman–Crippen MR) is 81.2 cm³/mol. The highest BCUT2D eigenvalue weighted by molar-refractivity contribution is 6.30. The Morgan fingerprint density at radius 3 is 2.81 bits per heavy atom. The van der Waals surface area contributed by atoms with E-state index in [9.17, 15) is 4.79 Å². The Morgan fingerprint density at radius 2 is 2.24 bits per heavy atom. The van der Waals surface area contributed by atoms with Gasteiger partial charge in [-0.3, -0.25) is 0 Å². The van der Waals surface area contributed by atoms with E-state index in [0.29, 0.717) is 10.8 Å². The van der Waals surface area contributed by atoms with Crippen LogP contribution in [-0.2, 0) is 11.8 Å². The first-order valence-electron chi connectivity index (χ1n) is 6.38. The maximum atomic E-state index is 11.8. The Kier molecular flexibility index (Phi) is 5.00. The van der Waals surface area contributed by atoms with Crippen molar-refractivity contribution < 1.29 is 9.53 Å². The second-order valence-corrected chi connectivity index (χ2v) is 4.85. The van der Waals surface area contributed by atoms with Gasteiger partial charge >= 0.3 is 6.09 Å². The number of carbonyl (C=O) groups is 1. The third-order valence-electron chi connectivity index (χ3n) is 2.91. The van der Waals surface area contributed by atoms with Crippen molar-refractivity contribution in [1.29, 1.82) is 0 Å². The summed E-state index contributed by atoms with van der Waals surface area (Å²) >= 11 is 5.90. The van der Waals surface area contributed by atoms with Crippen LogP contribution in [-0.4, -0.2) is 22.3 Å². The lowest BCUT2D eigenvalue weighted by Gasteiger charge is -2.18. The SMILES string of the molecule is C=CCOC(=O)NC(c1ccc(Cl)cc1)c1nccn1C. The zero-order valence-electron chi connectivity index (χ0n) is 11.6. The van der Waals surface area contributed by atoms with Crippen molar-refractivity contribution in [2.24, 2.45) is 7.05 Å². The Hall–Kier alpha value is -2.27. The van der Waals surface area contributed by atoms with E-state index in [4.69, 9.17) is 16.3 Å². The van der Waals surface area contributed by atoms with Crippen LogP contribution in [0, 0.1) is 0 Å². The van der Waals surface area contributed by atoms with Crippen LogP contribution < -0.4 is 5.32 Å². The number of nitrogens with zero attached hydrogens (tertiary/aromatic N) is 2. The zero-order chi connectivity index (χ0) is 15.2. The maximum Gasteiger partial charge on any atom is 0.408 e. The molecule has 110 valence electrons. The number of aromatic nitrogens is 2. The van der Waals surface area contributed by atoms with Crippen molar-refractivity contribution in [3.8, 4) is 0 Å². The molecule has 2 rings (SSSR count). The lowest BCUT2D eigenvalue weighted by atomic mass is 10.1. The third kappa shape index (κ3) is 3.86. The molecule has 0 aliphatic carbocycles. The molecule has 0 aliphatic heterocycles. The van der Waals surface area contributed by atoms with Crippen LogP contribution in [0.2, 0.25) is 5.02 Å². The van der Waals surface area contributed by atoms with Gasteiger partial charge in [0.2, 0.25) is 0 Å². The van der Waals surface area contributed by atoms with E-state index in [0.717, 1.165) is 5.56 Å². The summed E-state index contributed by atoms with van der Waals surface area (Å²) in [6.07, 6.45) is 4.47. The molecule has 0 aliphatic rings. The normalized spacial score (nSPS) is 11.7. The fourth-order valence-corrected chi connectivity index (χ4v) is 2.03. The Bertz CT molecular complexity index is 622. The third-order valence-corrected chi connectivity index (χ3v) is 3.17. The van der Waals surface area contributed by atoms with Gasteiger partial charge in [-0.1, -0.05) is 36.4 Å². The van der Waals surface area contributed by atoms with Gasteiger partial charge in [0.1, 0.15) is 18.5 Å². The van der Waals surface area contributed by atoms with Crippen LogP contribution in [0.1, 0.15) is 17.4 Å². The van der Waals surface area contributed by atoms with Crippen molar-refractivity contribution in [1.82, 2.24) is 14.9 Å². The van der Waals surface area contributed by atoms with Crippen LogP contribution in [0.3, 0.4) is 0 Å². The lowest BCUT2D eigenvalue weighted by molar-refractivity contribution is 0.155. The molecular weight excluding hydrogens is 290 g/mol. The summed E-state index contributed by atoms with van der Waals surface area (Å²) in [5.41, 5.74) is 0.865. The van der Waals surface area contributed by atoms with E-state index in [-0.39, 0.29) is 6.61 Å². The first-order chi connectivity index (χ1) is 10.1. The Morgan fingerprint density at radius 1 is 1.52 bits per heavy atom. The topological polar surface area (TPSA) is 56.1 Å². The molecule has 0 saturated carbocycles. The minimum Gasteiger partial charge on any atom is -0.445 e. The number of ether oxygens (including phenoxy) is 1. The standard InChI is InChI=1S/C15H16ClN3O2/c1-3-10-21-15(20)18-13(14-17-8-9-19(14)2)11-4-6-12(16)7-5-11/h3-9,13H,1,10H2,2H3,(H,18,20). The van der Waals surface area contributed by atoms with Crippen molar-refractivity contribution in [3.63, 3.8) is 0 Å². The number of rotatable bonds is 5. The summed E-state index contributed by atoms with van der Waals surface area (Å²) in [7, 11) is 1.86. The molecule has 1 N–H and O–H groups in total. The van der Waals surface area contributed by atoms with E-state index in [1.54, 1.807) is 18.3 Å². The monoisotopic (exact) mass is 305 g/mol. The molecule has 2 aromatic rings. The van der Waals surface area contributed by atoms with Gasteiger partial charge in [0.25, 0.3) is 0 Å². The quantitative estimate of drug-likeness (QED) is 0.864. The van der Waals surface area contributed by atoms with Crippen LogP contribution in [0.15, 0.2) is 49.3 Å². The van der Waals surface area contributed by atoms with Gasteiger partial charge in [0, 0.05) is 24.5 Å². The zero-order valence-corrected chi connectivity index (χ0v) is 12.4. The number of aryl methyl sites for hydroxylation is 1. The fourth-order valence-electron chi connectivity index (χ4n) is 1.90. The minimum atomic E-state index is -0.530. The number of amides is 1. The lowest BCUT2D eigenvalue weighted by Crippen LogP contribution is -2.31. The van der Waals surface area contributed by atoms with Crippen molar-refractivity contribution >= 4 is 17.7 Å². The van der Waals surface area contributed by atoms with Crippen molar-refractivity contribution in [2.75, 3.05) is 6.61 Å². The van der Waals surface area contributed by atoms with Gasteiger partial charge in [-0.2, -0.15) is 0 Å². The van der Waals surface area contributed by atoms with Gasteiger partial charge in [-0.05, 0) is 17.7 Å². The number of nitrogens with one attached hydrogen (secondary N) is 1. The number of hydrogen-bond acceptors (Lipinski definition) is 3. The van der Waals surface area contributed by atoms with E-state index >= 15 is 0 Å². The maximum absolute atomic E-state index is 11.8. The van der Waals surface area contributed by atoms with Crippen LogP contribution in [0.5, 0.6) is 0 Å². The highest BCUT2D eigenvalue weighted by atomic mass is 35.5. The summed E-state index contributed by atoms with van der Waals surface area (Å²) in [6, 6.07) is 6.80. The summed E-state index contributed by atoms with van der Waals surface area (Å²) in [5.74, 6) is 0.702. The van der Waals surface area contributed by atoms with Gasteiger partial charge in [-0.25, -0.2) is 9.78 Å². The Labute approximate surface area is 128 Å². The highest BCUT2D eigenvalue weighted by Gasteiger charge is 2.21. The summed E-state index contributed by atoms with van der Waals surface area (Å²) in [6.45, 7) is 3.66. The number of alkyl carbamates (subject to hydrolysis) is 1. The van der Waals surface area contributed by atoms with Crippen molar-refractivity contribution in [2.45, 2.75) is 6.04 Å². The molecule has 0 fully saturated rings. The predicted octanol–water partition coefficient (Wildman–Crippen LogP) is 3.08. The minimum absolute atomic E-state index is 0.153. The molecule has 1 aromatic carbocycles. The molecule has 0 saturated heterocycles.